The summed E-state index contributed by atoms with van der Waals surface area (Å²) in [4.78, 5) is 27.8. The van der Waals surface area contributed by atoms with Crippen LogP contribution in [-0.4, -0.2) is 59.2 Å². The molecule has 0 N–H and O–H groups in total. The summed E-state index contributed by atoms with van der Waals surface area (Å²) in [6.45, 7) is 3.47. The first-order valence-corrected chi connectivity index (χ1v) is 11.1. The van der Waals surface area contributed by atoms with Crippen LogP contribution in [-0.2, 0) is 11.8 Å². The molecule has 0 atom stereocenters. The summed E-state index contributed by atoms with van der Waals surface area (Å²) in [5.41, 5.74) is 1.67. The predicted molar refractivity (Wildman–Crippen MR) is 114 cm³/mol. The van der Waals surface area contributed by atoms with Gasteiger partial charge in [-0.3, -0.25) is 14.3 Å². The van der Waals surface area contributed by atoms with Crippen molar-refractivity contribution in [3.63, 3.8) is 0 Å². The molecule has 0 saturated carbocycles. The number of hydrogen-bond donors (Lipinski definition) is 0. The Morgan fingerprint density at radius 3 is 2.50 bits per heavy atom. The van der Waals surface area contributed by atoms with Crippen molar-refractivity contribution in [2.24, 2.45) is 7.05 Å². The molecule has 1 aliphatic heterocycles. The number of hydrogen-bond acceptors (Lipinski definition) is 6. The zero-order valence-corrected chi connectivity index (χ0v) is 18.0. The van der Waals surface area contributed by atoms with Crippen molar-refractivity contribution in [1.29, 1.82) is 0 Å². The highest BCUT2D eigenvalue weighted by atomic mass is 32.2. The van der Waals surface area contributed by atoms with Gasteiger partial charge in [0, 0.05) is 20.1 Å². The Labute approximate surface area is 178 Å². The van der Waals surface area contributed by atoms with E-state index in [0.29, 0.717) is 10.8 Å². The van der Waals surface area contributed by atoms with E-state index in [4.69, 9.17) is 0 Å². The number of carbonyl (C=O) groups excluding carboxylic acids is 1. The minimum absolute atomic E-state index is 0.0860. The number of nitrogens with zero attached hydrogens (tertiary/aromatic N) is 7. The van der Waals surface area contributed by atoms with E-state index >= 15 is 0 Å². The van der Waals surface area contributed by atoms with Crippen LogP contribution in [0.2, 0.25) is 0 Å². The van der Waals surface area contributed by atoms with Gasteiger partial charge in [0.15, 0.2) is 5.69 Å². The molecular weight excluding hydrogens is 402 g/mol. The molecule has 2 aromatic heterocycles. The van der Waals surface area contributed by atoms with Crippen molar-refractivity contribution in [1.82, 2.24) is 34.5 Å². The first kappa shape index (κ1) is 20.4. The maximum Gasteiger partial charge on any atom is 0.297 e. The van der Waals surface area contributed by atoms with Gasteiger partial charge >= 0.3 is 0 Å². The highest BCUT2D eigenvalue weighted by molar-refractivity contribution is 7.99. The number of rotatable bonds is 5. The van der Waals surface area contributed by atoms with Gasteiger partial charge in [-0.15, -0.1) is 5.10 Å². The summed E-state index contributed by atoms with van der Waals surface area (Å²) in [5, 5.41) is 12.3. The minimum atomic E-state index is -0.214. The van der Waals surface area contributed by atoms with Crippen LogP contribution in [0.4, 0.5) is 0 Å². The fourth-order valence-corrected chi connectivity index (χ4v) is 4.52. The summed E-state index contributed by atoms with van der Waals surface area (Å²) in [5.74, 6) is 0.335. The van der Waals surface area contributed by atoms with Gasteiger partial charge in [0.05, 0.1) is 17.1 Å². The molecule has 1 aromatic carbocycles. The molecule has 0 unspecified atom stereocenters. The Morgan fingerprint density at radius 1 is 1.10 bits per heavy atom. The molecule has 10 heteroatoms. The molecular formula is C20H25N7O2S. The standard InChI is InChI=1S/C20H25N7O2S/c1-15-18(19(29)27(24(15)2)16-10-6-5-7-11-16)26-20(21-22-23-26)30-14-17(28)25-12-8-3-4-9-13-25/h5-7,10-11H,3-4,8-9,12-14H2,1-2H3. The lowest BCUT2D eigenvalue weighted by Gasteiger charge is -2.19. The Hall–Kier alpha value is -2.88. The molecule has 158 valence electrons. The largest absolute Gasteiger partial charge is 0.342 e. The van der Waals surface area contributed by atoms with Gasteiger partial charge in [0.25, 0.3) is 5.56 Å². The number of thioether (sulfide) groups is 1. The summed E-state index contributed by atoms with van der Waals surface area (Å²) < 4.78 is 4.81. The van der Waals surface area contributed by atoms with E-state index in [9.17, 15) is 9.59 Å². The minimum Gasteiger partial charge on any atom is -0.342 e. The fraction of sp³-hybridized carbons (Fsp3) is 0.450. The fourth-order valence-electron chi connectivity index (χ4n) is 3.74. The van der Waals surface area contributed by atoms with E-state index in [1.807, 2.05) is 49.2 Å². The Balaban J connectivity index is 1.59. The molecule has 4 rings (SSSR count). The second-order valence-corrected chi connectivity index (χ2v) is 8.31. The van der Waals surface area contributed by atoms with E-state index < -0.39 is 0 Å². The van der Waals surface area contributed by atoms with Crippen molar-refractivity contribution < 1.29 is 4.79 Å². The van der Waals surface area contributed by atoms with Crippen LogP contribution in [0.5, 0.6) is 0 Å². The third-order valence-corrected chi connectivity index (χ3v) is 6.36. The van der Waals surface area contributed by atoms with Crippen LogP contribution in [0, 0.1) is 6.92 Å². The van der Waals surface area contributed by atoms with Crippen molar-refractivity contribution in [2.45, 2.75) is 37.8 Å². The van der Waals surface area contributed by atoms with Gasteiger partial charge in [-0.1, -0.05) is 42.8 Å². The van der Waals surface area contributed by atoms with Gasteiger partial charge in [0.1, 0.15) is 0 Å². The average molecular weight is 428 g/mol. The quantitative estimate of drug-likeness (QED) is 0.578. The SMILES string of the molecule is Cc1c(-n2nnnc2SCC(=O)N2CCCCCC2)c(=O)n(-c2ccccc2)n1C. The summed E-state index contributed by atoms with van der Waals surface area (Å²) in [7, 11) is 1.83. The molecule has 3 heterocycles. The number of amides is 1. The van der Waals surface area contributed by atoms with Gasteiger partial charge in [0.2, 0.25) is 11.1 Å². The van der Waals surface area contributed by atoms with Crippen LogP contribution in [0.3, 0.4) is 0 Å². The van der Waals surface area contributed by atoms with Gasteiger partial charge in [-0.25, -0.2) is 4.68 Å². The average Bonchev–Trinajstić information content (AvgIpc) is 3.15. The maximum atomic E-state index is 13.2. The molecule has 1 saturated heterocycles. The summed E-state index contributed by atoms with van der Waals surface area (Å²) >= 11 is 1.26. The Morgan fingerprint density at radius 2 is 1.80 bits per heavy atom. The highest BCUT2D eigenvalue weighted by Crippen LogP contribution is 2.21. The smallest absolute Gasteiger partial charge is 0.297 e. The summed E-state index contributed by atoms with van der Waals surface area (Å²) in [6, 6.07) is 9.43. The second-order valence-electron chi connectivity index (χ2n) is 7.37. The molecule has 3 aromatic rings. The van der Waals surface area contributed by atoms with Crippen molar-refractivity contribution in [3.05, 3.63) is 46.4 Å². The van der Waals surface area contributed by atoms with Gasteiger partial charge in [-0.05, 0) is 42.3 Å². The predicted octanol–water partition coefficient (Wildman–Crippen LogP) is 1.95. The number of aromatic nitrogens is 6. The first-order valence-electron chi connectivity index (χ1n) is 10.1. The van der Waals surface area contributed by atoms with Crippen LogP contribution in [0.15, 0.2) is 40.3 Å². The highest BCUT2D eigenvalue weighted by Gasteiger charge is 2.23. The molecule has 30 heavy (non-hydrogen) atoms. The zero-order valence-electron chi connectivity index (χ0n) is 17.2. The molecule has 1 fully saturated rings. The van der Waals surface area contributed by atoms with Crippen LogP contribution in [0.25, 0.3) is 11.4 Å². The van der Waals surface area contributed by atoms with Crippen LogP contribution in [0.1, 0.15) is 31.4 Å². The molecule has 0 aliphatic carbocycles. The number of para-hydroxylation sites is 1. The van der Waals surface area contributed by atoms with Gasteiger partial charge < -0.3 is 4.90 Å². The summed E-state index contributed by atoms with van der Waals surface area (Å²) in [6.07, 6.45) is 4.46. The monoisotopic (exact) mass is 427 g/mol. The number of tetrazole rings is 1. The normalized spacial score (nSPS) is 14.7. The molecule has 0 radical (unpaired) electrons. The lowest BCUT2D eigenvalue weighted by atomic mass is 10.2. The molecule has 9 nitrogen and oxygen atoms in total. The molecule has 1 aliphatic rings. The number of likely N-dealkylation sites (tertiary alicyclic amines) is 1. The van der Waals surface area contributed by atoms with E-state index in [0.717, 1.165) is 37.3 Å². The van der Waals surface area contributed by atoms with Crippen LogP contribution >= 0.6 is 11.8 Å². The van der Waals surface area contributed by atoms with Crippen molar-refractivity contribution >= 4 is 17.7 Å². The van der Waals surface area contributed by atoms with E-state index in [2.05, 4.69) is 15.5 Å². The lowest BCUT2D eigenvalue weighted by Crippen LogP contribution is -2.33. The number of carbonyl (C=O) groups is 1. The first-order chi connectivity index (χ1) is 14.6. The van der Waals surface area contributed by atoms with E-state index in [-0.39, 0.29) is 17.2 Å². The topological polar surface area (TPSA) is 90.8 Å². The zero-order chi connectivity index (χ0) is 21.1. The van der Waals surface area contributed by atoms with Crippen LogP contribution < -0.4 is 5.56 Å². The number of benzene rings is 1. The third kappa shape index (κ3) is 3.91. The Bertz CT molecular complexity index is 1080. The maximum absolute atomic E-state index is 13.2. The van der Waals surface area contributed by atoms with Crippen molar-refractivity contribution in [2.75, 3.05) is 18.8 Å². The molecule has 1 amide bonds. The lowest BCUT2D eigenvalue weighted by molar-refractivity contribution is -0.128. The third-order valence-electron chi connectivity index (χ3n) is 5.46. The Kier molecular flexibility index (Phi) is 6.03. The second kappa shape index (κ2) is 8.86. The molecule has 0 bridgehead atoms. The van der Waals surface area contributed by atoms with Crippen molar-refractivity contribution in [3.8, 4) is 11.4 Å². The van der Waals surface area contributed by atoms with Gasteiger partial charge in [-0.2, -0.15) is 4.68 Å². The molecule has 0 spiro atoms. The van der Waals surface area contributed by atoms with E-state index in [1.165, 1.54) is 29.3 Å². The van der Waals surface area contributed by atoms with E-state index in [1.54, 1.807) is 9.36 Å².